The molecule has 0 spiro atoms. The molecule has 0 saturated heterocycles. The van der Waals surface area contributed by atoms with Gasteiger partial charge in [-0.2, -0.15) is 4.68 Å². The summed E-state index contributed by atoms with van der Waals surface area (Å²) in [6.07, 6.45) is 0. The molecule has 2 heterocycles. The summed E-state index contributed by atoms with van der Waals surface area (Å²) >= 11 is 1.34. The lowest BCUT2D eigenvalue weighted by Gasteiger charge is -2.24. The number of aromatic nitrogens is 2. The van der Waals surface area contributed by atoms with Crippen molar-refractivity contribution < 1.29 is 4.79 Å². The lowest BCUT2D eigenvalue weighted by atomic mass is 10.3. The van der Waals surface area contributed by atoms with Crippen LogP contribution in [0.5, 0.6) is 0 Å². The standard InChI is InChI=1S/C8H10N4O2S/c1-4-2-6(13)12-8(10-4)15-3-5(11-12)7(9)14/h2,5,11H,3H2,1H3,(H2,9,14). The van der Waals surface area contributed by atoms with Crippen LogP contribution in [0.25, 0.3) is 0 Å². The SMILES string of the molecule is Cc1cc(=O)n2c(n1)SCC(C(N)=O)N2. The Labute approximate surface area is 89.8 Å². The fraction of sp³-hybridized carbons (Fsp3) is 0.375. The molecular weight excluding hydrogens is 216 g/mol. The average molecular weight is 226 g/mol. The van der Waals surface area contributed by atoms with Crippen LogP contribution < -0.4 is 16.7 Å². The smallest absolute Gasteiger partial charge is 0.273 e. The van der Waals surface area contributed by atoms with Crippen LogP contribution in [0.15, 0.2) is 16.0 Å². The number of fused-ring (bicyclic) bond motifs is 1. The highest BCUT2D eigenvalue weighted by Crippen LogP contribution is 2.19. The number of hydrogen-bond acceptors (Lipinski definition) is 5. The molecule has 3 N–H and O–H groups in total. The van der Waals surface area contributed by atoms with E-state index in [2.05, 4.69) is 10.4 Å². The molecule has 0 radical (unpaired) electrons. The first-order valence-corrected chi connectivity index (χ1v) is 5.36. The van der Waals surface area contributed by atoms with Crippen LogP contribution in [0.2, 0.25) is 0 Å². The fourth-order valence-corrected chi connectivity index (χ4v) is 2.32. The van der Waals surface area contributed by atoms with Crippen LogP contribution in [0.4, 0.5) is 0 Å². The summed E-state index contributed by atoms with van der Waals surface area (Å²) in [4.78, 5) is 26.7. The lowest BCUT2D eigenvalue weighted by Crippen LogP contribution is -2.48. The first-order valence-electron chi connectivity index (χ1n) is 4.37. The normalized spacial score (nSPS) is 19.1. The number of nitrogens with zero attached hydrogens (tertiary/aromatic N) is 2. The van der Waals surface area contributed by atoms with Crippen LogP contribution in [0.1, 0.15) is 5.69 Å². The number of carbonyl (C=O) groups excluding carboxylic acids is 1. The number of hydrogen-bond donors (Lipinski definition) is 2. The zero-order valence-corrected chi connectivity index (χ0v) is 8.87. The first-order chi connectivity index (χ1) is 7.08. The van der Waals surface area contributed by atoms with Gasteiger partial charge in [-0.3, -0.25) is 9.59 Å². The number of aryl methyl sites for hydroxylation is 1. The second-order valence-electron chi connectivity index (χ2n) is 3.25. The van der Waals surface area contributed by atoms with Crippen molar-refractivity contribution in [3.63, 3.8) is 0 Å². The van der Waals surface area contributed by atoms with Gasteiger partial charge in [0, 0.05) is 17.5 Å². The Balaban J connectivity index is 2.42. The quantitative estimate of drug-likeness (QED) is 0.603. The Morgan fingerprint density at radius 1 is 1.80 bits per heavy atom. The van der Waals surface area contributed by atoms with Crippen molar-refractivity contribution in [2.45, 2.75) is 18.1 Å². The Morgan fingerprint density at radius 3 is 3.20 bits per heavy atom. The largest absolute Gasteiger partial charge is 0.368 e. The molecule has 2 rings (SSSR count). The van der Waals surface area contributed by atoms with Crippen LogP contribution >= 0.6 is 11.8 Å². The topological polar surface area (TPSA) is 90.0 Å². The van der Waals surface area contributed by atoms with Crippen molar-refractivity contribution in [1.82, 2.24) is 9.66 Å². The van der Waals surface area contributed by atoms with E-state index in [0.717, 1.165) is 0 Å². The van der Waals surface area contributed by atoms with Gasteiger partial charge in [0.15, 0.2) is 5.16 Å². The molecule has 6 nitrogen and oxygen atoms in total. The lowest BCUT2D eigenvalue weighted by molar-refractivity contribution is -0.118. The molecule has 1 unspecified atom stereocenters. The second kappa shape index (κ2) is 3.58. The monoisotopic (exact) mass is 226 g/mol. The molecule has 0 aromatic carbocycles. The third-order valence-corrected chi connectivity index (χ3v) is 3.06. The number of nitrogens with two attached hydrogens (primary N) is 1. The molecule has 0 saturated carbocycles. The van der Waals surface area contributed by atoms with E-state index in [1.54, 1.807) is 6.92 Å². The summed E-state index contributed by atoms with van der Waals surface area (Å²) in [5.74, 6) is 0.0197. The molecule has 7 heteroatoms. The van der Waals surface area contributed by atoms with Crippen molar-refractivity contribution >= 4 is 17.7 Å². The molecule has 0 aliphatic carbocycles. The van der Waals surface area contributed by atoms with Crippen molar-refractivity contribution in [3.8, 4) is 0 Å². The number of amides is 1. The third-order valence-electron chi connectivity index (χ3n) is 2.02. The van der Waals surface area contributed by atoms with Gasteiger partial charge in [-0.15, -0.1) is 0 Å². The Bertz CT molecular complexity index is 470. The Kier molecular flexibility index (Phi) is 2.39. The van der Waals surface area contributed by atoms with E-state index in [1.165, 1.54) is 22.5 Å². The van der Waals surface area contributed by atoms with Gasteiger partial charge < -0.3 is 11.2 Å². The second-order valence-corrected chi connectivity index (χ2v) is 4.24. The molecule has 15 heavy (non-hydrogen) atoms. The molecule has 0 fully saturated rings. The van der Waals surface area contributed by atoms with Crippen molar-refractivity contribution in [3.05, 3.63) is 22.1 Å². The molecule has 1 amide bonds. The molecule has 1 aliphatic heterocycles. The maximum Gasteiger partial charge on any atom is 0.273 e. The first kappa shape index (κ1) is 10.0. The highest BCUT2D eigenvalue weighted by Gasteiger charge is 2.23. The highest BCUT2D eigenvalue weighted by atomic mass is 32.2. The van der Waals surface area contributed by atoms with Gasteiger partial charge in [-0.05, 0) is 6.92 Å². The molecule has 80 valence electrons. The number of nitrogens with one attached hydrogen (secondary N) is 1. The van der Waals surface area contributed by atoms with E-state index >= 15 is 0 Å². The van der Waals surface area contributed by atoms with Crippen LogP contribution in [0.3, 0.4) is 0 Å². The predicted octanol–water partition coefficient (Wildman–Crippen LogP) is -0.945. The minimum Gasteiger partial charge on any atom is -0.368 e. The molecule has 1 aromatic rings. The van der Waals surface area contributed by atoms with E-state index in [9.17, 15) is 9.59 Å². The maximum absolute atomic E-state index is 11.5. The van der Waals surface area contributed by atoms with Gasteiger partial charge in [-0.25, -0.2) is 4.98 Å². The Hall–Kier alpha value is -1.50. The summed E-state index contributed by atoms with van der Waals surface area (Å²) in [6.45, 7) is 1.75. The van der Waals surface area contributed by atoms with Crippen molar-refractivity contribution in [1.29, 1.82) is 0 Å². The molecule has 1 aliphatic rings. The van der Waals surface area contributed by atoms with Crippen LogP contribution in [0, 0.1) is 6.92 Å². The number of carbonyl (C=O) groups is 1. The molecule has 1 aromatic heterocycles. The van der Waals surface area contributed by atoms with Crippen molar-refractivity contribution in [2.24, 2.45) is 5.73 Å². The van der Waals surface area contributed by atoms with E-state index in [1.807, 2.05) is 0 Å². The summed E-state index contributed by atoms with van der Waals surface area (Å²) < 4.78 is 1.26. The minimum atomic E-state index is -0.523. The van der Waals surface area contributed by atoms with Crippen LogP contribution in [-0.4, -0.2) is 27.4 Å². The minimum absolute atomic E-state index is 0.226. The predicted molar refractivity (Wildman–Crippen MR) is 56.3 cm³/mol. The summed E-state index contributed by atoms with van der Waals surface area (Å²) in [5.41, 5.74) is 8.33. The fourth-order valence-electron chi connectivity index (χ4n) is 1.28. The summed E-state index contributed by atoms with van der Waals surface area (Å²) in [6, 6.07) is 0.880. The number of rotatable bonds is 1. The van der Waals surface area contributed by atoms with Gasteiger partial charge in [0.25, 0.3) is 5.56 Å². The number of thioether (sulfide) groups is 1. The maximum atomic E-state index is 11.5. The van der Waals surface area contributed by atoms with Gasteiger partial charge in [0.05, 0.1) is 0 Å². The van der Waals surface area contributed by atoms with Crippen LogP contribution in [-0.2, 0) is 4.79 Å². The summed E-state index contributed by atoms with van der Waals surface area (Å²) in [7, 11) is 0. The van der Waals surface area contributed by atoms with E-state index in [4.69, 9.17) is 5.73 Å². The van der Waals surface area contributed by atoms with E-state index in [0.29, 0.717) is 16.6 Å². The Morgan fingerprint density at radius 2 is 2.53 bits per heavy atom. The van der Waals surface area contributed by atoms with Crippen molar-refractivity contribution in [2.75, 3.05) is 11.2 Å². The zero-order valence-electron chi connectivity index (χ0n) is 8.06. The third kappa shape index (κ3) is 1.82. The van der Waals surface area contributed by atoms with Gasteiger partial charge >= 0.3 is 0 Å². The molecule has 1 atom stereocenters. The number of primary amides is 1. The summed E-state index contributed by atoms with van der Waals surface area (Å²) in [5, 5.41) is 0.567. The van der Waals surface area contributed by atoms with E-state index in [-0.39, 0.29) is 5.56 Å². The highest BCUT2D eigenvalue weighted by molar-refractivity contribution is 7.99. The van der Waals surface area contributed by atoms with Gasteiger partial charge in [0.1, 0.15) is 6.04 Å². The average Bonchev–Trinajstić information content (AvgIpc) is 2.16. The molecular formula is C8H10N4O2S. The van der Waals surface area contributed by atoms with Gasteiger partial charge in [-0.1, -0.05) is 11.8 Å². The zero-order chi connectivity index (χ0) is 11.0. The van der Waals surface area contributed by atoms with Gasteiger partial charge in [0.2, 0.25) is 5.91 Å². The van der Waals surface area contributed by atoms with E-state index < -0.39 is 11.9 Å². The molecule has 0 bridgehead atoms.